The van der Waals surface area contributed by atoms with Crippen LogP contribution in [0.1, 0.15) is 27.4 Å². The molecule has 0 radical (unpaired) electrons. The predicted molar refractivity (Wildman–Crippen MR) is 118 cm³/mol. The number of ether oxygens (including phenoxy) is 1. The van der Waals surface area contributed by atoms with Gasteiger partial charge in [-0.25, -0.2) is 9.18 Å². The number of nitrogens with zero attached hydrogens (tertiary/aromatic N) is 2. The van der Waals surface area contributed by atoms with E-state index in [-0.39, 0.29) is 30.2 Å². The first-order valence-electron chi connectivity index (χ1n) is 9.58. The third-order valence-electron chi connectivity index (χ3n) is 5.74. The van der Waals surface area contributed by atoms with Crippen LogP contribution in [0.4, 0.5) is 9.18 Å². The molecule has 2 N–H and O–H groups in total. The minimum atomic E-state index is -1.68. The first kappa shape index (κ1) is 20.7. The van der Waals surface area contributed by atoms with Crippen molar-refractivity contribution in [3.8, 4) is 5.75 Å². The summed E-state index contributed by atoms with van der Waals surface area (Å²) in [6, 6.07) is 3.96. The topological polar surface area (TPSA) is 114 Å². The van der Waals surface area contributed by atoms with Crippen molar-refractivity contribution in [2.45, 2.75) is 19.0 Å². The van der Waals surface area contributed by atoms with Crippen molar-refractivity contribution in [2.24, 2.45) is 0 Å². The molecule has 32 heavy (non-hydrogen) atoms. The van der Waals surface area contributed by atoms with E-state index in [1.165, 1.54) is 18.1 Å². The van der Waals surface area contributed by atoms with Crippen molar-refractivity contribution in [3.63, 3.8) is 0 Å². The summed E-state index contributed by atoms with van der Waals surface area (Å²) in [7, 11) is 1.31. The first-order chi connectivity index (χ1) is 15.2. The van der Waals surface area contributed by atoms with Gasteiger partial charge >= 0.3 is 6.03 Å². The lowest BCUT2D eigenvalue weighted by molar-refractivity contribution is -0.125. The number of fused-ring (bicyclic) bond motifs is 2. The fourth-order valence-electron chi connectivity index (χ4n) is 4.09. The normalized spacial score (nSPS) is 20.0. The monoisotopic (exact) mass is 550 g/mol. The van der Waals surface area contributed by atoms with Gasteiger partial charge < -0.3 is 19.4 Å². The summed E-state index contributed by atoms with van der Waals surface area (Å²) in [4.78, 5) is 43.7. The number of furan rings is 1. The highest BCUT2D eigenvalue weighted by Crippen LogP contribution is 2.37. The van der Waals surface area contributed by atoms with Gasteiger partial charge in [-0.2, -0.15) is 0 Å². The van der Waals surface area contributed by atoms with E-state index in [2.05, 4.69) is 38.2 Å². The number of amides is 4. The van der Waals surface area contributed by atoms with Gasteiger partial charge in [-0.05, 0) is 47.2 Å². The molecule has 1 unspecified atom stereocenters. The minimum Gasteiger partial charge on any atom is -0.494 e. The van der Waals surface area contributed by atoms with Crippen LogP contribution in [-0.4, -0.2) is 41.4 Å². The van der Waals surface area contributed by atoms with Gasteiger partial charge in [0.15, 0.2) is 22.7 Å². The molecule has 4 heterocycles. The fraction of sp³-hybridized carbons (Fsp3) is 0.238. The highest BCUT2D eigenvalue weighted by Gasteiger charge is 2.53. The molecule has 0 saturated carbocycles. The van der Waals surface area contributed by atoms with Crippen molar-refractivity contribution in [2.75, 3.05) is 13.7 Å². The number of aromatic nitrogens is 1. The minimum absolute atomic E-state index is 0.0460. The van der Waals surface area contributed by atoms with Crippen molar-refractivity contribution >= 4 is 51.4 Å². The zero-order valence-corrected chi connectivity index (χ0v) is 19.1. The Bertz CT molecular complexity index is 1340. The number of rotatable bonds is 4. The van der Waals surface area contributed by atoms with Crippen LogP contribution in [0.3, 0.4) is 0 Å². The molecule has 2 aromatic heterocycles. The maximum atomic E-state index is 14.7. The van der Waals surface area contributed by atoms with Crippen LogP contribution in [-0.2, 0) is 16.9 Å². The molecule has 1 atom stereocenters. The highest BCUT2D eigenvalue weighted by molar-refractivity contribution is 14.1. The quantitative estimate of drug-likeness (QED) is 0.382. The lowest BCUT2D eigenvalue weighted by Crippen LogP contribution is -2.52. The van der Waals surface area contributed by atoms with E-state index < -0.39 is 29.2 Å². The molecule has 0 bridgehead atoms. The highest BCUT2D eigenvalue weighted by atomic mass is 127. The Balaban J connectivity index is 1.58. The zero-order chi connectivity index (χ0) is 22.8. The molecule has 2 aliphatic heterocycles. The van der Waals surface area contributed by atoms with E-state index in [1.807, 2.05) is 6.92 Å². The number of hydrogen-bond donors (Lipinski definition) is 2. The third kappa shape index (κ3) is 2.87. The second-order valence-electron chi connectivity index (χ2n) is 7.64. The second-order valence-corrected chi connectivity index (χ2v) is 8.72. The van der Waals surface area contributed by atoms with Gasteiger partial charge in [-0.15, -0.1) is 0 Å². The third-order valence-corrected chi connectivity index (χ3v) is 7.01. The average molecular weight is 550 g/mol. The number of benzene rings is 1. The summed E-state index contributed by atoms with van der Waals surface area (Å²) < 4.78 is 26.5. The van der Waals surface area contributed by atoms with Crippen molar-refractivity contribution in [3.05, 3.63) is 56.4 Å². The molecule has 2 aliphatic rings. The van der Waals surface area contributed by atoms with Crippen molar-refractivity contribution in [1.82, 2.24) is 20.5 Å². The number of nitrogens with one attached hydrogen (secondary N) is 2. The number of carbonyl (C=O) groups excluding carboxylic acids is 3. The van der Waals surface area contributed by atoms with Crippen LogP contribution < -0.4 is 15.4 Å². The predicted octanol–water partition coefficient (Wildman–Crippen LogP) is 2.58. The van der Waals surface area contributed by atoms with E-state index in [4.69, 9.17) is 9.15 Å². The molecule has 1 fully saturated rings. The molecule has 3 aromatic rings. The van der Waals surface area contributed by atoms with Gasteiger partial charge in [0.1, 0.15) is 5.76 Å². The summed E-state index contributed by atoms with van der Waals surface area (Å²) in [6.45, 7) is 1.65. The number of pyridine rings is 1. The number of aryl methyl sites for hydroxylation is 1. The van der Waals surface area contributed by atoms with Crippen LogP contribution in [0.5, 0.6) is 5.75 Å². The van der Waals surface area contributed by atoms with Gasteiger partial charge in [-0.3, -0.25) is 19.9 Å². The Morgan fingerprint density at radius 2 is 2.12 bits per heavy atom. The first-order valence-corrected chi connectivity index (χ1v) is 10.7. The van der Waals surface area contributed by atoms with Crippen LogP contribution >= 0.6 is 22.6 Å². The molecule has 0 spiro atoms. The molecular formula is C21H16FIN4O5. The Morgan fingerprint density at radius 1 is 1.34 bits per heavy atom. The molecule has 4 amide bonds. The molecule has 11 heteroatoms. The van der Waals surface area contributed by atoms with Crippen LogP contribution in [0.25, 0.3) is 11.0 Å². The summed E-state index contributed by atoms with van der Waals surface area (Å²) in [6.07, 6.45) is 1.61. The number of methoxy groups -OCH3 is 1. The molecule has 1 saturated heterocycles. The van der Waals surface area contributed by atoms with Gasteiger partial charge in [0.05, 0.1) is 28.5 Å². The molecule has 164 valence electrons. The Hall–Kier alpha value is -3.22. The summed E-state index contributed by atoms with van der Waals surface area (Å²) >= 11 is 2.10. The van der Waals surface area contributed by atoms with E-state index in [1.54, 1.807) is 18.3 Å². The summed E-state index contributed by atoms with van der Waals surface area (Å²) in [5.41, 5.74) is -0.0445. The number of urea groups is 1. The number of imide groups is 1. The number of halogens is 2. The Morgan fingerprint density at radius 3 is 2.81 bits per heavy atom. The zero-order valence-electron chi connectivity index (χ0n) is 16.9. The van der Waals surface area contributed by atoms with Crippen LogP contribution in [0.15, 0.2) is 28.8 Å². The Labute approximate surface area is 194 Å². The summed E-state index contributed by atoms with van der Waals surface area (Å²) in [5, 5.41) is 5.48. The largest absolute Gasteiger partial charge is 0.494 e. The van der Waals surface area contributed by atoms with Gasteiger partial charge in [-0.1, -0.05) is 6.07 Å². The standard InChI is InChI=1S/C21H16FIN4O5/c1-9-16(23)17-11(6-24-9)5-13(32-17)21(19(29)25-20(30)26-21)8-27-7-10-3-4-12(31-2)15(22)14(10)18(27)28/h3-6H,7-8H2,1-2H3,(H2,25,26,29,30). The molecule has 9 nitrogen and oxygen atoms in total. The van der Waals surface area contributed by atoms with E-state index in [9.17, 15) is 18.8 Å². The summed E-state index contributed by atoms with van der Waals surface area (Å²) in [5.74, 6) is -1.92. The van der Waals surface area contributed by atoms with E-state index >= 15 is 0 Å². The van der Waals surface area contributed by atoms with Gasteiger partial charge in [0.25, 0.3) is 11.8 Å². The smallest absolute Gasteiger partial charge is 0.322 e. The van der Waals surface area contributed by atoms with Gasteiger partial charge in [0, 0.05) is 18.1 Å². The fourth-order valence-corrected chi connectivity index (χ4v) is 4.65. The van der Waals surface area contributed by atoms with Crippen LogP contribution in [0.2, 0.25) is 0 Å². The van der Waals surface area contributed by atoms with E-state index in [0.29, 0.717) is 16.5 Å². The molecule has 1 aromatic carbocycles. The number of hydrogen-bond acceptors (Lipinski definition) is 6. The maximum absolute atomic E-state index is 14.7. The molecular weight excluding hydrogens is 534 g/mol. The number of carbonyl (C=O) groups is 3. The van der Waals surface area contributed by atoms with Crippen molar-refractivity contribution in [1.29, 1.82) is 0 Å². The second kappa shape index (κ2) is 7.15. The van der Waals surface area contributed by atoms with Crippen molar-refractivity contribution < 1.29 is 27.9 Å². The van der Waals surface area contributed by atoms with E-state index in [0.717, 1.165) is 9.26 Å². The maximum Gasteiger partial charge on any atom is 0.322 e. The lowest BCUT2D eigenvalue weighted by Gasteiger charge is -2.29. The average Bonchev–Trinajstić information content (AvgIpc) is 3.41. The van der Waals surface area contributed by atoms with Crippen LogP contribution in [0, 0.1) is 16.3 Å². The Kier molecular flexibility index (Phi) is 4.62. The van der Waals surface area contributed by atoms with Gasteiger partial charge in [0.2, 0.25) is 0 Å². The lowest BCUT2D eigenvalue weighted by atomic mass is 9.95. The SMILES string of the molecule is COc1ccc2c(c1F)C(=O)N(CC1(c3cc4cnc(C)c(I)c4o3)NC(=O)NC1=O)C2. The molecule has 5 rings (SSSR count). The molecule has 0 aliphatic carbocycles.